The molecule has 1 aromatic carbocycles. The zero-order valence-electron chi connectivity index (χ0n) is 10.4. The molecule has 88 valence electrons. The molecule has 0 saturated heterocycles. The highest BCUT2D eigenvalue weighted by Crippen LogP contribution is 2.12. The molecule has 0 heterocycles. The number of rotatable bonds is 5. The Balaban J connectivity index is 2.55. The van der Waals surface area contributed by atoms with E-state index in [1.54, 1.807) is 0 Å². The Morgan fingerprint density at radius 2 is 2.00 bits per heavy atom. The normalized spacial score (nSPS) is 10.2. The summed E-state index contributed by atoms with van der Waals surface area (Å²) in [5, 5.41) is 0. The number of ether oxygens (including phenoxy) is 1. The highest BCUT2D eigenvalue weighted by atomic mass is 16.5. The van der Waals surface area contributed by atoms with Crippen molar-refractivity contribution in [2.75, 3.05) is 6.61 Å². The summed E-state index contributed by atoms with van der Waals surface area (Å²) in [7, 11) is 0. The maximum atomic E-state index is 11.8. The van der Waals surface area contributed by atoms with Crippen LogP contribution in [0.1, 0.15) is 47.7 Å². The van der Waals surface area contributed by atoms with Gasteiger partial charge in [-0.15, -0.1) is 0 Å². The van der Waals surface area contributed by atoms with Crippen LogP contribution in [0.5, 0.6) is 0 Å². The number of hydrogen-bond acceptors (Lipinski definition) is 2. The van der Waals surface area contributed by atoms with Crippen molar-refractivity contribution in [1.82, 2.24) is 0 Å². The van der Waals surface area contributed by atoms with E-state index in [-0.39, 0.29) is 5.97 Å². The first-order chi connectivity index (χ1) is 7.65. The summed E-state index contributed by atoms with van der Waals surface area (Å²) in [6.45, 7) is 6.57. The standard InChI is InChI=1S/C14H20O2/c1-4-5-6-9-16-14(15)13-10-11(2)7-8-12(13)3/h7-8,10H,4-6,9H2,1-3H3. The fourth-order valence-electron chi connectivity index (χ4n) is 1.55. The molecule has 2 nitrogen and oxygen atoms in total. The molecule has 0 fully saturated rings. The van der Waals surface area contributed by atoms with Gasteiger partial charge in [0.2, 0.25) is 0 Å². The lowest BCUT2D eigenvalue weighted by Gasteiger charge is -2.07. The second-order valence-electron chi connectivity index (χ2n) is 4.16. The second-order valence-corrected chi connectivity index (χ2v) is 4.16. The fourth-order valence-corrected chi connectivity index (χ4v) is 1.55. The largest absolute Gasteiger partial charge is 0.462 e. The summed E-state index contributed by atoms with van der Waals surface area (Å²) in [6.07, 6.45) is 3.20. The SMILES string of the molecule is CCCCCOC(=O)c1cc(C)ccc1C. The quantitative estimate of drug-likeness (QED) is 0.559. The molecule has 0 spiro atoms. The minimum absolute atomic E-state index is 0.197. The van der Waals surface area contributed by atoms with Crippen LogP contribution in [-0.4, -0.2) is 12.6 Å². The van der Waals surface area contributed by atoms with Crippen LogP contribution in [0.3, 0.4) is 0 Å². The maximum Gasteiger partial charge on any atom is 0.338 e. The zero-order chi connectivity index (χ0) is 12.0. The van der Waals surface area contributed by atoms with E-state index in [9.17, 15) is 4.79 Å². The lowest BCUT2D eigenvalue weighted by atomic mass is 10.1. The monoisotopic (exact) mass is 220 g/mol. The molecule has 0 amide bonds. The van der Waals surface area contributed by atoms with Gasteiger partial charge in [-0.3, -0.25) is 0 Å². The van der Waals surface area contributed by atoms with Crippen LogP contribution in [-0.2, 0) is 4.74 Å². The van der Waals surface area contributed by atoms with E-state index in [4.69, 9.17) is 4.74 Å². The number of benzene rings is 1. The molecule has 0 aliphatic carbocycles. The smallest absolute Gasteiger partial charge is 0.338 e. The molecule has 0 saturated carbocycles. The van der Waals surface area contributed by atoms with E-state index < -0.39 is 0 Å². The molecular formula is C14H20O2. The van der Waals surface area contributed by atoms with Crippen molar-refractivity contribution < 1.29 is 9.53 Å². The lowest BCUT2D eigenvalue weighted by Crippen LogP contribution is -2.08. The maximum absolute atomic E-state index is 11.8. The second kappa shape index (κ2) is 6.31. The van der Waals surface area contributed by atoms with Crippen molar-refractivity contribution in [3.8, 4) is 0 Å². The highest BCUT2D eigenvalue weighted by Gasteiger charge is 2.09. The number of carbonyl (C=O) groups excluding carboxylic acids is 1. The van der Waals surface area contributed by atoms with E-state index in [1.807, 2.05) is 32.0 Å². The van der Waals surface area contributed by atoms with Crippen molar-refractivity contribution in [2.45, 2.75) is 40.0 Å². The van der Waals surface area contributed by atoms with Gasteiger partial charge in [-0.25, -0.2) is 4.79 Å². The third-order valence-electron chi connectivity index (χ3n) is 2.59. The summed E-state index contributed by atoms with van der Waals surface area (Å²) in [5.74, 6) is -0.197. The van der Waals surface area contributed by atoms with Crippen LogP contribution >= 0.6 is 0 Å². The van der Waals surface area contributed by atoms with E-state index in [0.29, 0.717) is 12.2 Å². The predicted molar refractivity (Wildman–Crippen MR) is 65.7 cm³/mol. The minimum atomic E-state index is -0.197. The topological polar surface area (TPSA) is 26.3 Å². The van der Waals surface area contributed by atoms with Gasteiger partial charge in [0.15, 0.2) is 0 Å². The number of aryl methyl sites for hydroxylation is 2. The molecule has 1 rings (SSSR count). The summed E-state index contributed by atoms with van der Waals surface area (Å²) < 4.78 is 5.23. The van der Waals surface area contributed by atoms with Gasteiger partial charge in [0.1, 0.15) is 0 Å². The molecule has 1 aromatic rings. The Morgan fingerprint density at radius 1 is 1.25 bits per heavy atom. The van der Waals surface area contributed by atoms with Gasteiger partial charge in [0, 0.05) is 0 Å². The Kier molecular flexibility index (Phi) is 5.03. The van der Waals surface area contributed by atoms with Gasteiger partial charge < -0.3 is 4.74 Å². The third kappa shape index (κ3) is 3.69. The van der Waals surface area contributed by atoms with Gasteiger partial charge in [-0.05, 0) is 31.9 Å². The first-order valence-electron chi connectivity index (χ1n) is 5.89. The zero-order valence-corrected chi connectivity index (χ0v) is 10.4. The van der Waals surface area contributed by atoms with Gasteiger partial charge in [-0.1, -0.05) is 37.5 Å². The molecule has 0 aliphatic rings. The average Bonchev–Trinajstić information content (AvgIpc) is 2.27. The summed E-state index contributed by atoms with van der Waals surface area (Å²) in [5.41, 5.74) is 2.76. The van der Waals surface area contributed by atoms with Crippen molar-refractivity contribution >= 4 is 5.97 Å². The van der Waals surface area contributed by atoms with Crippen molar-refractivity contribution in [1.29, 1.82) is 0 Å². The first kappa shape index (κ1) is 12.8. The van der Waals surface area contributed by atoms with Crippen molar-refractivity contribution in [3.63, 3.8) is 0 Å². The molecule has 0 bridgehead atoms. The van der Waals surface area contributed by atoms with E-state index in [1.165, 1.54) is 0 Å². The molecule has 16 heavy (non-hydrogen) atoms. The molecule has 0 aromatic heterocycles. The Morgan fingerprint density at radius 3 is 2.69 bits per heavy atom. The summed E-state index contributed by atoms with van der Waals surface area (Å²) in [6, 6.07) is 5.85. The molecule has 0 aliphatic heterocycles. The molecule has 0 radical (unpaired) electrons. The van der Waals surface area contributed by atoms with Crippen LogP contribution in [0.15, 0.2) is 18.2 Å². The van der Waals surface area contributed by atoms with Crippen LogP contribution in [0.4, 0.5) is 0 Å². The van der Waals surface area contributed by atoms with Gasteiger partial charge in [0.05, 0.1) is 12.2 Å². The van der Waals surface area contributed by atoms with Gasteiger partial charge in [-0.2, -0.15) is 0 Å². The minimum Gasteiger partial charge on any atom is -0.462 e. The van der Waals surface area contributed by atoms with Crippen molar-refractivity contribution in [3.05, 3.63) is 34.9 Å². The molecule has 0 atom stereocenters. The number of unbranched alkanes of at least 4 members (excludes halogenated alkanes) is 2. The number of hydrogen-bond donors (Lipinski definition) is 0. The number of carbonyl (C=O) groups is 1. The first-order valence-corrected chi connectivity index (χ1v) is 5.89. The lowest BCUT2D eigenvalue weighted by molar-refractivity contribution is 0.0497. The van der Waals surface area contributed by atoms with Crippen LogP contribution in [0.2, 0.25) is 0 Å². The highest BCUT2D eigenvalue weighted by molar-refractivity contribution is 5.91. The van der Waals surface area contributed by atoms with E-state index in [0.717, 1.165) is 30.4 Å². The van der Waals surface area contributed by atoms with Crippen LogP contribution < -0.4 is 0 Å². The van der Waals surface area contributed by atoms with Crippen LogP contribution in [0, 0.1) is 13.8 Å². The Labute approximate surface area is 97.6 Å². The van der Waals surface area contributed by atoms with E-state index in [2.05, 4.69) is 6.92 Å². The van der Waals surface area contributed by atoms with Gasteiger partial charge in [0.25, 0.3) is 0 Å². The molecule has 0 N–H and O–H groups in total. The Hall–Kier alpha value is -1.31. The molecule has 2 heteroatoms. The number of esters is 1. The third-order valence-corrected chi connectivity index (χ3v) is 2.59. The van der Waals surface area contributed by atoms with Gasteiger partial charge >= 0.3 is 5.97 Å². The average molecular weight is 220 g/mol. The summed E-state index contributed by atoms with van der Waals surface area (Å²) in [4.78, 5) is 11.8. The Bertz CT molecular complexity index is 356. The fraction of sp³-hybridized carbons (Fsp3) is 0.500. The summed E-state index contributed by atoms with van der Waals surface area (Å²) >= 11 is 0. The molecule has 0 unspecified atom stereocenters. The van der Waals surface area contributed by atoms with E-state index >= 15 is 0 Å². The van der Waals surface area contributed by atoms with Crippen molar-refractivity contribution in [2.24, 2.45) is 0 Å². The van der Waals surface area contributed by atoms with Crippen LogP contribution in [0.25, 0.3) is 0 Å². The molecular weight excluding hydrogens is 200 g/mol. The predicted octanol–water partition coefficient (Wildman–Crippen LogP) is 3.65.